The second-order valence-electron chi connectivity index (χ2n) is 2.37. The smallest absolute Gasteiger partial charge is 0.280 e. The maximum absolute atomic E-state index is 12.3. The Balaban J connectivity index is 3.35. The van der Waals surface area contributed by atoms with Gasteiger partial charge in [-0.2, -0.15) is 0 Å². The fourth-order valence-electron chi connectivity index (χ4n) is 0.804. The maximum Gasteiger partial charge on any atom is 0.280 e. The van der Waals surface area contributed by atoms with Crippen LogP contribution in [0.5, 0.6) is 0 Å². The third-order valence-electron chi connectivity index (χ3n) is 1.44. The van der Waals surface area contributed by atoms with Gasteiger partial charge in [0, 0.05) is 3.57 Å². The molecular formula is C7H4ClF2IN2O. The van der Waals surface area contributed by atoms with Crippen LogP contribution in [0.25, 0.3) is 0 Å². The van der Waals surface area contributed by atoms with Crippen molar-refractivity contribution in [1.82, 2.24) is 4.98 Å². The van der Waals surface area contributed by atoms with E-state index in [2.05, 4.69) is 4.98 Å². The molecule has 0 atom stereocenters. The van der Waals surface area contributed by atoms with E-state index in [4.69, 9.17) is 17.3 Å². The highest BCUT2D eigenvalue weighted by Crippen LogP contribution is 2.25. The Morgan fingerprint density at radius 1 is 1.64 bits per heavy atom. The number of halogens is 4. The van der Waals surface area contributed by atoms with Crippen molar-refractivity contribution < 1.29 is 13.6 Å². The van der Waals surface area contributed by atoms with E-state index < -0.39 is 17.4 Å². The van der Waals surface area contributed by atoms with Crippen molar-refractivity contribution in [2.45, 2.75) is 6.43 Å². The van der Waals surface area contributed by atoms with Crippen LogP contribution >= 0.6 is 34.2 Å². The van der Waals surface area contributed by atoms with E-state index in [-0.39, 0.29) is 11.4 Å². The molecule has 1 rings (SSSR count). The van der Waals surface area contributed by atoms with Crippen LogP contribution in [0, 0.1) is 3.57 Å². The van der Waals surface area contributed by atoms with Gasteiger partial charge in [-0.25, -0.2) is 13.8 Å². The van der Waals surface area contributed by atoms with E-state index in [1.54, 1.807) is 22.6 Å². The number of carbonyl (C=O) groups excluding carboxylic acids is 1. The van der Waals surface area contributed by atoms with Crippen molar-refractivity contribution in [3.8, 4) is 0 Å². The first-order chi connectivity index (χ1) is 6.43. The van der Waals surface area contributed by atoms with Crippen molar-refractivity contribution in [3.05, 3.63) is 21.0 Å². The average Bonchev–Trinajstić information content (AvgIpc) is 2.08. The fourth-order valence-corrected chi connectivity index (χ4v) is 1.52. The summed E-state index contributed by atoms with van der Waals surface area (Å²) >= 11 is 6.86. The summed E-state index contributed by atoms with van der Waals surface area (Å²) in [5.74, 6) is 0. The number of aromatic nitrogens is 1. The molecule has 0 aromatic carbocycles. The number of anilines is 1. The predicted octanol–water partition coefficient (Wildman–Crippen LogP) is 2.59. The van der Waals surface area contributed by atoms with E-state index in [1.807, 2.05) is 0 Å². The Labute approximate surface area is 96.8 Å². The molecule has 0 saturated carbocycles. The normalized spacial score (nSPS) is 10.6. The first-order valence-electron chi connectivity index (χ1n) is 3.37. The SMILES string of the molecule is Nc1c(I)cc(C(F)F)nc1C(=O)Cl. The Hall–Kier alpha value is -0.500. The van der Waals surface area contributed by atoms with Gasteiger partial charge in [0.15, 0.2) is 0 Å². The van der Waals surface area contributed by atoms with Gasteiger partial charge in [-0.05, 0) is 40.3 Å². The molecule has 1 heterocycles. The molecule has 0 radical (unpaired) electrons. The summed E-state index contributed by atoms with van der Waals surface area (Å²) in [6.45, 7) is 0. The molecule has 0 saturated heterocycles. The third kappa shape index (κ3) is 2.30. The van der Waals surface area contributed by atoms with Gasteiger partial charge in [0.25, 0.3) is 11.7 Å². The van der Waals surface area contributed by atoms with Crippen LogP contribution in [-0.4, -0.2) is 10.2 Å². The molecular weight excluding hydrogens is 328 g/mol. The number of nitrogen functional groups attached to an aromatic ring is 1. The lowest BCUT2D eigenvalue weighted by Gasteiger charge is -2.05. The number of carbonyl (C=O) groups is 1. The molecule has 0 bridgehead atoms. The summed E-state index contributed by atoms with van der Waals surface area (Å²) in [7, 11) is 0. The van der Waals surface area contributed by atoms with E-state index >= 15 is 0 Å². The molecule has 0 aliphatic heterocycles. The Kier molecular flexibility index (Phi) is 3.59. The highest BCUT2D eigenvalue weighted by Gasteiger charge is 2.17. The number of nitrogens with two attached hydrogens (primary N) is 1. The molecule has 1 aromatic heterocycles. The number of pyridine rings is 1. The largest absolute Gasteiger partial charge is 0.396 e. The van der Waals surface area contributed by atoms with E-state index in [9.17, 15) is 13.6 Å². The number of alkyl halides is 2. The Bertz CT molecular complexity index is 386. The highest BCUT2D eigenvalue weighted by molar-refractivity contribution is 14.1. The summed E-state index contributed by atoms with van der Waals surface area (Å²) in [5, 5.41) is -0.942. The second kappa shape index (κ2) is 4.35. The number of hydrogen-bond donors (Lipinski definition) is 1. The van der Waals surface area contributed by atoms with E-state index in [1.165, 1.54) is 0 Å². The first-order valence-corrected chi connectivity index (χ1v) is 4.83. The molecule has 2 N–H and O–H groups in total. The first kappa shape index (κ1) is 11.6. The Morgan fingerprint density at radius 2 is 2.21 bits per heavy atom. The summed E-state index contributed by atoms with van der Waals surface area (Å²) in [6, 6.07) is 1.11. The predicted molar refractivity (Wildman–Crippen MR) is 56.5 cm³/mol. The van der Waals surface area contributed by atoms with Crippen molar-refractivity contribution in [2.75, 3.05) is 5.73 Å². The topological polar surface area (TPSA) is 56.0 Å². The Morgan fingerprint density at radius 3 is 2.64 bits per heavy atom. The molecule has 0 aliphatic rings. The quantitative estimate of drug-likeness (QED) is 0.669. The lowest BCUT2D eigenvalue weighted by molar-refractivity contribution is 0.107. The van der Waals surface area contributed by atoms with Crippen LogP contribution in [0.2, 0.25) is 0 Å². The molecule has 0 unspecified atom stereocenters. The molecule has 0 amide bonds. The minimum Gasteiger partial charge on any atom is -0.396 e. The maximum atomic E-state index is 12.3. The third-order valence-corrected chi connectivity index (χ3v) is 2.51. The lowest BCUT2D eigenvalue weighted by atomic mass is 10.2. The zero-order valence-corrected chi connectivity index (χ0v) is 9.51. The van der Waals surface area contributed by atoms with Crippen LogP contribution < -0.4 is 5.73 Å². The van der Waals surface area contributed by atoms with Gasteiger partial charge in [-0.3, -0.25) is 4.79 Å². The average molecular weight is 332 g/mol. The van der Waals surface area contributed by atoms with Gasteiger partial charge in [-0.15, -0.1) is 0 Å². The lowest BCUT2D eigenvalue weighted by Crippen LogP contribution is -2.06. The number of hydrogen-bond acceptors (Lipinski definition) is 3. The highest BCUT2D eigenvalue weighted by atomic mass is 127. The molecule has 1 aromatic rings. The van der Waals surface area contributed by atoms with Gasteiger partial charge in [0.2, 0.25) is 0 Å². The fraction of sp³-hybridized carbons (Fsp3) is 0.143. The zero-order valence-electron chi connectivity index (χ0n) is 6.60. The van der Waals surface area contributed by atoms with Crippen molar-refractivity contribution in [2.24, 2.45) is 0 Å². The van der Waals surface area contributed by atoms with Crippen molar-refractivity contribution in [1.29, 1.82) is 0 Å². The minimum absolute atomic E-state index is 0.0231. The van der Waals surface area contributed by atoms with Crippen LogP contribution in [0.3, 0.4) is 0 Å². The molecule has 76 valence electrons. The van der Waals surface area contributed by atoms with E-state index in [0.29, 0.717) is 3.57 Å². The van der Waals surface area contributed by atoms with Gasteiger partial charge in [0.05, 0.1) is 5.69 Å². The molecule has 14 heavy (non-hydrogen) atoms. The summed E-state index contributed by atoms with van der Waals surface area (Å²) in [5.41, 5.74) is 4.62. The number of nitrogens with zero attached hydrogens (tertiary/aromatic N) is 1. The summed E-state index contributed by atoms with van der Waals surface area (Å²) in [6.07, 6.45) is -2.75. The van der Waals surface area contributed by atoms with Crippen LogP contribution in [-0.2, 0) is 0 Å². The van der Waals surface area contributed by atoms with Crippen molar-refractivity contribution in [3.63, 3.8) is 0 Å². The van der Waals surface area contributed by atoms with E-state index in [0.717, 1.165) is 6.07 Å². The molecule has 0 spiro atoms. The van der Waals surface area contributed by atoms with Crippen LogP contribution in [0.15, 0.2) is 6.07 Å². The zero-order chi connectivity index (χ0) is 10.9. The molecule has 7 heteroatoms. The molecule has 3 nitrogen and oxygen atoms in total. The van der Waals surface area contributed by atoms with Gasteiger partial charge >= 0.3 is 0 Å². The number of rotatable bonds is 2. The molecule has 0 fully saturated rings. The van der Waals surface area contributed by atoms with Gasteiger partial charge < -0.3 is 5.73 Å². The summed E-state index contributed by atoms with van der Waals surface area (Å²) < 4.78 is 24.9. The summed E-state index contributed by atoms with van der Waals surface area (Å²) in [4.78, 5) is 14.1. The van der Waals surface area contributed by atoms with Gasteiger partial charge in [0.1, 0.15) is 11.4 Å². The monoisotopic (exact) mass is 332 g/mol. The van der Waals surface area contributed by atoms with Crippen LogP contribution in [0.1, 0.15) is 22.6 Å². The van der Waals surface area contributed by atoms with Gasteiger partial charge in [-0.1, -0.05) is 0 Å². The standard InChI is InChI=1S/C7H4ClF2IN2O/c8-6(14)5-4(12)2(11)1-3(13-5)7(9)10/h1,7H,12H2. The van der Waals surface area contributed by atoms with Crippen LogP contribution in [0.4, 0.5) is 14.5 Å². The minimum atomic E-state index is -2.75. The molecule has 0 aliphatic carbocycles. The van der Waals surface area contributed by atoms with Crippen molar-refractivity contribution >= 4 is 45.1 Å². The second-order valence-corrected chi connectivity index (χ2v) is 3.87.